The predicted molar refractivity (Wildman–Crippen MR) is 59.9 cm³/mol. The van der Waals surface area contributed by atoms with Crippen LogP contribution in [0.3, 0.4) is 0 Å². The Morgan fingerprint density at radius 1 is 1.62 bits per heavy atom. The molecule has 1 aromatic rings. The van der Waals surface area contributed by atoms with Gasteiger partial charge in [-0.1, -0.05) is 0 Å². The largest absolute Gasteiger partial charge is 0.480 e. The molecular formula is C9H11NO4S2. The Kier molecular flexibility index (Phi) is 2.77. The van der Waals surface area contributed by atoms with E-state index in [1.54, 1.807) is 11.4 Å². The summed E-state index contributed by atoms with van der Waals surface area (Å²) in [6.45, 7) is 0.239. The van der Waals surface area contributed by atoms with Gasteiger partial charge in [0.1, 0.15) is 6.04 Å². The van der Waals surface area contributed by atoms with Gasteiger partial charge in [0.25, 0.3) is 0 Å². The lowest BCUT2D eigenvalue weighted by atomic mass is 10.0. The molecule has 0 aromatic carbocycles. The standard InChI is InChI=1S/C9H11NO4S2/c1-16(13,14)10-4-2-7-6(3-5-15-7)8(10)9(11)12/h3,5,8H,2,4H2,1H3,(H,11,12). The number of carboxylic acid groups (broad SMARTS) is 1. The van der Waals surface area contributed by atoms with Gasteiger partial charge in [0.15, 0.2) is 0 Å². The van der Waals surface area contributed by atoms with E-state index in [1.165, 1.54) is 11.3 Å². The SMILES string of the molecule is CS(=O)(=O)N1CCc2sccc2C1C(=O)O. The minimum Gasteiger partial charge on any atom is -0.480 e. The van der Waals surface area contributed by atoms with Gasteiger partial charge >= 0.3 is 5.97 Å². The van der Waals surface area contributed by atoms with E-state index >= 15 is 0 Å². The van der Waals surface area contributed by atoms with Gasteiger partial charge in [0, 0.05) is 11.4 Å². The topological polar surface area (TPSA) is 74.7 Å². The molecule has 88 valence electrons. The van der Waals surface area contributed by atoms with Crippen molar-refractivity contribution < 1.29 is 18.3 Å². The van der Waals surface area contributed by atoms with Crippen LogP contribution in [0.1, 0.15) is 16.5 Å². The average molecular weight is 261 g/mol. The van der Waals surface area contributed by atoms with Crippen LogP contribution in [-0.4, -0.2) is 36.6 Å². The number of carboxylic acids is 1. The molecule has 1 N–H and O–H groups in total. The minimum absolute atomic E-state index is 0.239. The second-order valence-electron chi connectivity index (χ2n) is 3.66. The summed E-state index contributed by atoms with van der Waals surface area (Å²) in [5.41, 5.74) is 0.606. The zero-order valence-corrected chi connectivity index (χ0v) is 10.2. The van der Waals surface area contributed by atoms with Crippen LogP contribution < -0.4 is 0 Å². The van der Waals surface area contributed by atoms with Crippen molar-refractivity contribution in [3.63, 3.8) is 0 Å². The zero-order valence-electron chi connectivity index (χ0n) is 8.58. The van der Waals surface area contributed by atoms with E-state index in [1.807, 2.05) is 0 Å². The summed E-state index contributed by atoms with van der Waals surface area (Å²) in [6, 6.07) is 0.626. The van der Waals surface area contributed by atoms with E-state index in [0.717, 1.165) is 15.4 Å². The summed E-state index contributed by atoms with van der Waals surface area (Å²) < 4.78 is 24.0. The molecule has 0 fully saturated rings. The maximum Gasteiger partial charge on any atom is 0.326 e. The molecule has 0 amide bonds. The molecular weight excluding hydrogens is 250 g/mol. The first-order valence-corrected chi connectivity index (χ1v) is 7.40. The normalized spacial score (nSPS) is 21.7. The molecule has 0 bridgehead atoms. The maximum atomic E-state index is 11.5. The van der Waals surface area contributed by atoms with Crippen molar-refractivity contribution in [1.82, 2.24) is 4.31 Å². The van der Waals surface area contributed by atoms with Gasteiger partial charge in [-0.05, 0) is 23.4 Å². The van der Waals surface area contributed by atoms with Crippen LogP contribution in [0.5, 0.6) is 0 Å². The van der Waals surface area contributed by atoms with Crippen LogP contribution in [0.4, 0.5) is 0 Å². The molecule has 16 heavy (non-hydrogen) atoms. The lowest BCUT2D eigenvalue weighted by Gasteiger charge is -2.30. The Hall–Kier alpha value is -0.920. The summed E-state index contributed by atoms with van der Waals surface area (Å²) in [6.07, 6.45) is 1.63. The van der Waals surface area contributed by atoms with Crippen LogP contribution >= 0.6 is 11.3 Å². The lowest BCUT2D eigenvalue weighted by molar-refractivity contribution is -0.142. The number of sulfonamides is 1. The molecule has 0 aliphatic carbocycles. The van der Waals surface area contributed by atoms with E-state index in [-0.39, 0.29) is 6.54 Å². The van der Waals surface area contributed by atoms with Crippen molar-refractivity contribution in [2.24, 2.45) is 0 Å². The number of aliphatic carboxylic acids is 1. The second-order valence-corrected chi connectivity index (χ2v) is 6.60. The third-order valence-electron chi connectivity index (χ3n) is 2.58. The summed E-state index contributed by atoms with van der Waals surface area (Å²) in [5.74, 6) is -1.12. The number of thiophene rings is 1. The van der Waals surface area contributed by atoms with Gasteiger partial charge in [0.2, 0.25) is 10.0 Å². The first-order valence-electron chi connectivity index (χ1n) is 4.67. The Balaban J connectivity index is 2.50. The van der Waals surface area contributed by atoms with E-state index < -0.39 is 22.0 Å². The van der Waals surface area contributed by atoms with E-state index in [4.69, 9.17) is 5.11 Å². The third kappa shape index (κ3) is 1.85. The highest BCUT2D eigenvalue weighted by Gasteiger charge is 2.38. The predicted octanol–water partition coefficient (Wildman–Crippen LogP) is 0.692. The monoisotopic (exact) mass is 261 g/mol. The first kappa shape index (κ1) is 11.6. The molecule has 0 spiro atoms. The highest BCUT2D eigenvalue weighted by atomic mass is 32.2. The van der Waals surface area contributed by atoms with Gasteiger partial charge in [0.05, 0.1) is 6.26 Å². The first-order chi connectivity index (χ1) is 7.41. The fraction of sp³-hybridized carbons (Fsp3) is 0.444. The molecule has 1 aliphatic rings. The number of hydrogen-bond acceptors (Lipinski definition) is 4. The van der Waals surface area contributed by atoms with Crippen molar-refractivity contribution in [2.45, 2.75) is 12.5 Å². The van der Waals surface area contributed by atoms with Crippen LogP contribution in [-0.2, 0) is 21.2 Å². The molecule has 2 rings (SSSR count). The third-order valence-corrected chi connectivity index (χ3v) is 4.82. The molecule has 1 aromatic heterocycles. The number of nitrogens with zero attached hydrogens (tertiary/aromatic N) is 1. The van der Waals surface area contributed by atoms with Gasteiger partial charge in [-0.2, -0.15) is 4.31 Å². The molecule has 0 saturated carbocycles. The molecule has 2 heterocycles. The van der Waals surface area contributed by atoms with Crippen molar-refractivity contribution in [3.05, 3.63) is 21.9 Å². The van der Waals surface area contributed by atoms with Crippen molar-refractivity contribution >= 4 is 27.3 Å². The Bertz CT molecular complexity index is 519. The lowest BCUT2D eigenvalue weighted by Crippen LogP contribution is -2.42. The minimum atomic E-state index is -3.48. The smallest absolute Gasteiger partial charge is 0.326 e. The molecule has 1 atom stereocenters. The van der Waals surface area contributed by atoms with Crippen LogP contribution in [0.15, 0.2) is 11.4 Å². The fourth-order valence-corrected chi connectivity index (χ4v) is 3.82. The van der Waals surface area contributed by atoms with Gasteiger partial charge in [-0.25, -0.2) is 8.42 Å². The van der Waals surface area contributed by atoms with Crippen molar-refractivity contribution in [1.29, 1.82) is 0 Å². The fourth-order valence-electron chi connectivity index (χ4n) is 1.91. The average Bonchev–Trinajstić information content (AvgIpc) is 2.61. The number of rotatable bonds is 2. The van der Waals surface area contributed by atoms with E-state index in [9.17, 15) is 13.2 Å². The van der Waals surface area contributed by atoms with Gasteiger partial charge in [-0.3, -0.25) is 4.79 Å². The molecule has 1 aliphatic heterocycles. The zero-order chi connectivity index (χ0) is 11.9. The van der Waals surface area contributed by atoms with Gasteiger partial charge < -0.3 is 5.11 Å². The molecule has 1 unspecified atom stereocenters. The number of fused-ring (bicyclic) bond motifs is 1. The van der Waals surface area contributed by atoms with Crippen molar-refractivity contribution in [2.75, 3.05) is 12.8 Å². The molecule has 7 heteroatoms. The highest BCUT2D eigenvalue weighted by molar-refractivity contribution is 7.88. The van der Waals surface area contributed by atoms with Crippen molar-refractivity contribution in [3.8, 4) is 0 Å². The highest BCUT2D eigenvalue weighted by Crippen LogP contribution is 2.34. The Labute approximate surface area is 97.4 Å². The molecule has 0 radical (unpaired) electrons. The maximum absolute atomic E-state index is 11.5. The van der Waals surface area contributed by atoms with Crippen LogP contribution in [0, 0.1) is 0 Å². The van der Waals surface area contributed by atoms with Crippen LogP contribution in [0.2, 0.25) is 0 Å². The molecule has 5 nitrogen and oxygen atoms in total. The summed E-state index contributed by atoms with van der Waals surface area (Å²) in [7, 11) is -3.48. The van der Waals surface area contributed by atoms with Gasteiger partial charge in [-0.15, -0.1) is 11.3 Å². The second kappa shape index (κ2) is 3.83. The van der Waals surface area contributed by atoms with E-state index in [0.29, 0.717) is 12.0 Å². The number of carbonyl (C=O) groups is 1. The molecule has 0 saturated heterocycles. The Morgan fingerprint density at radius 2 is 2.31 bits per heavy atom. The van der Waals surface area contributed by atoms with E-state index in [2.05, 4.69) is 0 Å². The van der Waals surface area contributed by atoms with Crippen LogP contribution in [0.25, 0.3) is 0 Å². The summed E-state index contributed by atoms with van der Waals surface area (Å²) in [5, 5.41) is 10.9. The Morgan fingerprint density at radius 3 is 2.88 bits per heavy atom. The quantitative estimate of drug-likeness (QED) is 0.850. The number of hydrogen-bond donors (Lipinski definition) is 1. The summed E-state index contributed by atoms with van der Waals surface area (Å²) >= 11 is 1.47. The summed E-state index contributed by atoms with van der Waals surface area (Å²) in [4.78, 5) is 12.1.